The van der Waals surface area contributed by atoms with Gasteiger partial charge in [0.1, 0.15) is 53.3 Å². The van der Waals surface area contributed by atoms with Gasteiger partial charge in [-0.1, -0.05) is 6.07 Å². The van der Waals surface area contributed by atoms with Crippen molar-refractivity contribution in [2.24, 2.45) is 0 Å². The van der Waals surface area contributed by atoms with E-state index >= 15 is 0 Å². The largest absolute Gasteiger partial charge is 0.508 e. The van der Waals surface area contributed by atoms with Crippen LogP contribution in [0.15, 0.2) is 30.3 Å². The number of aliphatic hydroxyl groups is 6. The molecule has 0 radical (unpaired) electrons. The molecule has 0 amide bonds. The lowest BCUT2D eigenvalue weighted by Gasteiger charge is -2.26. The molecule has 5 atom stereocenters. The SMILES string of the molecule is COc1ccc([C@@H]2CC(=O)c3c(O)cc(O)cc3O2)cc1O.OC[C@@H](O)[C@@H](O)[C@H](O)[C@H](O)CO. The summed E-state index contributed by atoms with van der Waals surface area (Å²) < 4.78 is 10.7. The molecular weight excluding hydrogens is 456 g/mol. The van der Waals surface area contributed by atoms with Crippen molar-refractivity contribution in [3.63, 3.8) is 0 Å². The Balaban J connectivity index is 0.000000292. The second kappa shape index (κ2) is 11.8. The van der Waals surface area contributed by atoms with E-state index in [1.807, 2.05) is 0 Å². The fourth-order valence-corrected chi connectivity index (χ4v) is 3.19. The van der Waals surface area contributed by atoms with Crippen molar-refractivity contribution in [1.29, 1.82) is 0 Å². The average molecular weight is 484 g/mol. The minimum atomic E-state index is -1.67. The number of ketones is 1. The quantitative estimate of drug-likeness (QED) is 0.230. The van der Waals surface area contributed by atoms with E-state index in [9.17, 15) is 20.1 Å². The number of aromatic hydroxyl groups is 3. The van der Waals surface area contributed by atoms with Gasteiger partial charge in [-0.05, 0) is 17.7 Å². The van der Waals surface area contributed by atoms with Crippen molar-refractivity contribution in [2.75, 3.05) is 20.3 Å². The molecule has 0 bridgehead atoms. The first-order valence-electron chi connectivity index (χ1n) is 10.1. The van der Waals surface area contributed by atoms with Gasteiger partial charge in [0.15, 0.2) is 17.3 Å². The molecule has 0 fully saturated rings. The number of methoxy groups -OCH3 is 1. The number of rotatable bonds is 7. The zero-order valence-electron chi connectivity index (χ0n) is 18.1. The molecule has 0 unspecified atom stereocenters. The first kappa shape index (κ1) is 27.1. The fraction of sp³-hybridized carbons (Fsp3) is 0.409. The first-order valence-corrected chi connectivity index (χ1v) is 10.1. The Labute approximate surface area is 194 Å². The summed E-state index contributed by atoms with van der Waals surface area (Å²) in [5.41, 5.74) is 0.659. The molecule has 0 saturated heterocycles. The minimum Gasteiger partial charge on any atom is -0.508 e. The molecule has 1 aliphatic heterocycles. The van der Waals surface area contributed by atoms with E-state index < -0.39 is 43.7 Å². The highest BCUT2D eigenvalue weighted by atomic mass is 16.5. The summed E-state index contributed by atoms with van der Waals surface area (Å²) in [6, 6.07) is 7.10. The predicted octanol–water partition coefficient (Wildman–Crippen LogP) is -1.07. The molecule has 0 spiro atoms. The summed E-state index contributed by atoms with van der Waals surface area (Å²) in [6.45, 7) is -1.45. The van der Waals surface area contributed by atoms with E-state index in [2.05, 4.69) is 0 Å². The van der Waals surface area contributed by atoms with E-state index in [4.69, 9.17) is 40.1 Å². The van der Waals surface area contributed by atoms with Crippen LogP contribution in [0.25, 0.3) is 0 Å². The standard InChI is InChI=1S/C16H14O6.C6H14O6/c1-21-13-3-2-8(4-10(13)18)14-7-12(20)16-11(19)5-9(17)6-15(16)22-14;7-1-3(9)5(11)6(12)4(10)2-8/h2-6,14,17-19H,7H2,1H3;3-12H,1-2H2/t14-;3-,4-,5-,6-/m01/s1. The highest BCUT2D eigenvalue weighted by Crippen LogP contribution is 2.42. The van der Waals surface area contributed by atoms with E-state index in [1.165, 1.54) is 19.2 Å². The number of Topliss-reactive ketones (excluding diaryl/α,β-unsaturated/α-hetero) is 1. The number of benzene rings is 2. The zero-order chi connectivity index (χ0) is 25.6. The number of fused-ring (bicyclic) bond motifs is 1. The molecular formula is C22H28O12. The number of phenols is 3. The summed E-state index contributed by atoms with van der Waals surface area (Å²) in [5, 5.41) is 81.3. The summed E-state index contributed by atoms with van der Waals surface area (Å²) >= 11 is 0. The molecule has 0 saturated carbocycles. The lowest BCUT2D eigenvalue weighted by Crippen LogP contribution is -2.46. The van der Waals surface area contributed by atoms with Gasteiger partial charge >= 0.3 is 0 Å². The summed E-state index contributed by atoms with van der Waals surface area (Å²) in [7, 11) is 1.44. The smallest absolute Gasteiger partial charge is 0.174 e. The fourth-order valence-electron chi connectivity index (χ4n) is 3.19. The second-order valence-corrected chi connectivity index (χ2v) is 7.48. The van der Waals surface area contributed by atoms with Gasteiger partial charge in [-0.3, -0.25) is 4.79 Å². The number of aliphatic hydroxyl groups excluding tert-OH is 6. The number of phenolic OH excluding ortho intramolecular Hbond substituents is 3. The third-order valence-electron chi connectivity index (χ3n) is 5.07. The molecule has 2 aromatic rings. The number of hydrogen-bond acceptors (Lipinski definition) is 12. The Morgan fingerprint density at radius 3 is 2.03 bits per heavy atom. The van der Waals surface area contributed by atoms with Crippen LogP contribution in [0.5, 0.6) is 28.7 Å². The number of carbonyl (C=O) groups is 1. The molecule has 9 N–H and O–H groups in total. The van der Waals surface area contributed by atoms with Gasteiger partial charge in [0.05, 0.1) is 26.7 Å². The van der Waals surface area contributed by atoms with Gasteiger partial charge in [-0.2, -0.15) is 0 Å². The summed E-state index contributed by atoms with van der Waals surface area (Å²) in [5.74, 6) is -0.409. The maximum Gasteiger partial charge on any atom is 0.174 e. The number of ether oxygens (including phenoxy) is 2. The Morgan fingerprint density at radius 2 is 1.53 bits per heavy atom. The molecule has 0 aliphatic carbocycles. The van der Waals surface area contributed by atoms with Gasteiger partial charge in [0.2, 0.25) is 0 Å². The Hall–Kier alpha value is -3.13. The molecule has 188 valence electrons. The van der Waals surface area contributed by atoms with Crippen molar-refractivity contribution < 1.29 is 60.2 Å². The Bertz CT molecular complexity index is 965. The van der Waals surface area contributed by atoms with Crippen LogP contribution in [-0.2, 0) is 0 Å². The Kier molecular flexibility index (Phi) is 9.44. The van der Waals surface area contributed by atoms with Gasteiger partial charge < -0.3 is 55.4 Å². The summed E-state index contributed by atoms with van der Waals surface area (Å²) in [4.78, 5) is 12.2. The molecule has 0 aromatic heterocycles. The highest BCUT2D eigenvalue weighted by Gasteiger charge is 2.31. The van der Waals surface area contributed by atoms with Crippen molar-refractivity contribution in [3.8, 4) is 28.7 Å². The normalized spacial score (nSPS) is 18.4. The van der Waals surface area contributed by atoms with E-state index in [1.54, 1.807) is 12.1 Å². The average Bonchev–Trinajstić information content (AvgIpc) is 2.81. The third kappa shape index (κ3) is 6.26. The van der Waals surface area contributed by atoms with Crippen LogP contribution in [0, 0.1) is 0 Å². The molecule has 12 nitrogen and oxygen atoms in total. The summed E-state index contributed by atoms with van der Waals surface area (Å²) in [6.07, 6.45) is -6.98. The lowest BCUT2D eigenvalue weighted by molar-refractivity contribution is -0.123. The van der Waals surface area contributed by atoms with Crippen molar-refractivity contribution >= 4 is 5.78 Å². The van der Waals surface area contributed by atoms with Crippen LogP contribution >= 0.6 is 0 Å². The van der Waals surface area contributed by atoms with Crippen LogP contribution in [0.1, 0.15) is 28.4 Å². The van der Waals surface area contributed by atoms with Crippen molar-refractivity contribution in [2.45, 2.75) is 36.9 Å². The molecule has 2 aromatic carbocycles. The van der Waals surface area contributed by atoms with E-state index in [0.29, 0.717) is 11.3 Å². The zero-order valence-corrected chi connectivity index (χ0v) is 18.1. The molecule has 12 heteroatoms. The second-order valence-electron chi connectivity index (χ2n) is 7.48. The highest BCUT2D eigenvalue weighted by molar-refractivity contribution is 6.02. The first-order chi connectivity index (χ1) is 16.0. The number of hydrogen-bond donors (Lipinski definition) is 9. The topological polar surface area (TPSA) is 218 Å². The molecule has 3 rings (SSSR count). The monoisotopic (exact) mass is 484 g/mol. The van der Waals surface area contributed by atoms with Gasteiger partial charge in [-0.25, -0.2) is 0 Å². The predicted molar refractivity (Wildman–Crippen MR) is 115 cm³/mol. The maximum absolute atomic E-state index is 12.2. The number of carbonyl (C=O) groups excluding carboxylic acids is 1. The van der Waals surface area contributed by atoms with E-state index in [-0.39, 0.29) is 40.8 Å². The van der Waals surface area contributed by atoms with Crippen LogP contribution in [0.4, 0.5) is 0 Å². The molecule has 1 heterocycles. The van der Waals surface area contributed by atoms with Gasteiger partial charge in [-0.15, -0.1) is 0 Å². The van der Waals surface area contributed by atoms with Crippen LogP contribution in [0.2, 0.25) is 0 Å². The third-order valence-corrected chi connectivity index (χ3v) is 5.07. The van der Waals surface area contributed by atoms with Crippen LogP contribution in [-0.4, -0.2) is 96.5 Å². The molecule has 34 heavy (non-hydrogen) atoms. The van der Waals surface area contributed by atoms with Gasteiger partial charge in [0, 0.05) is 12.1 Å². The van der Waals surface area contributed by atoms with Crippen LogP contribution in [0.3, 0.4) is 0 Å². The van der Waals surface area contributed by atoms with Crippen LogP contribution < -0.4 is 9.47 Å². The van der Waals surface area contributed by atoms with Crippen molar-refractivity contribution in [3.05, 3.63) is 41.5 Å². The minimum absolute atomic E-state index is 0.0249. The van der Waals surface area contributed by atoms with E-state index in [0.717, 1.165) is 6.07 Å². The maximum atomic E-state index is 12.2. The molecule has 1 aliphatic rings. The lowest BCUT2D eigenvalue weighted by atomic mass is 9.95. The van der Waals surface area contributed by atoms with Gasteiger partial charge in [0.25, 0.3) is 0 Å². The Morgan fingerprint density at radius 1 is 0.941 bits per heavy atom. The van der Waals surface area contributed by atoms with Crippen molar-refractivity contribution in [1.82, 2.24) is 0 Å².